The van der Waals surface area contributed by atoms with E-state index in [-0.39, 0.29) is 11.5 Å². The fourth-order valence-corrected chi connectivity index (χ4v) is 2.70. The Morgan fingerprint density at radius 3 is 1.45 bits per heavy atom. The third-order valence-corrected chi connectivity index (χ3v) is 4.38. The summed E-state index contributed by atoms with van der Waals surface area (Å²) < 4.78 is 12.6. The number of hydrogen-bond acceptors (Lipinski definition) is 2. The summed E-state index contributed by atoms with van der Waals surface area (Å²) in [6, 6.07) is 35.2. The monoisotopic (exact) mass is 414 g/mol. The molecule has 0 atom stereocenters. The van der Waals surface area contributed by atoms with E-state index in [1.807, 2.05) is 36.4 Å². The maximum Gasteiger partial charge on any atom is 0.269 e. The summed E-state index contributed by atoms with van der Waals surface area (Å²) in [5.41, 5.74) is 3.93. The zero-order valence-electron chi connectivity index (χ0n) is 17.5. The molecule has 4 rings (SSSR count). The average molecular weight is 415 g/mol. The molecule has 158 valence electrons. The minimum absolute atomic E-state index is 0.137. The molecule has 0 fully saturated rings. The van der Waals surface area contributed by atoms with Crippen molar-refractivity contribution in [2.75, 3.05) is 0 Å². The first-order valence-corrected chi connectivity index (χ1v) is 10.1. The molecule has 4 aromatic carbocycles. The first kappa shape index (κ1) is 23.5. The number of nitro benzene ring substituents is 1. The molecule has 0 aliphatic rings. The number of para-hydroxylation sites is 1. The molecule has 0 saturated heterocycles. The van der Waals surface area contributed by atoms with Gasteiger partial charge in [0.1, 0.15) is 5.82 Å². The Balaban J connectivity index is 0.000000175. The van der Waals surface area contributed by atoms with Gasteiger partial charge in [-0.3, -0.25) is 10.1 Å². The fourth-order valence-electron chi connectivity index (χ4n) is 2.70. The highest BCUT2D eigenvalue weighted by molar-refractivity contribution is 5.28. The molecule has 0 heterocycles. The van der Waals surface area contributed by atoms with Crippen LogP contribution in [0.4, 0.5) is 10.1 Å². The van der Waals surface area contributed by atoms with Crippen molar-refractivity contribution in [2.24, 2.45) is 0 Å². The number of rotatable bonds is 4. The standard InChI is InChI=1S/C13H11F.C8H10.C6H5NO2/c14-13-8-6-12(7-9-13)10-11-4-2-1-3-5-11;1-2-8-6-4-3-5-7-8;8-7(9)6-4-2-1-3-5-6/h1-9H,10H2;3-7H,2H2,1H3;1-5H/i14-1;;. The Kier molecular flexibility index (Phi) is 10.2. The van der Waals surface area contributed by atoms with E-state index in [4.69, 9.17) is 0 Å². The second kappa shape index (κ2) is 13.4. The number of nitro groups is 1. The van der Waals surface area contributed by atoms with Gasteiger partial charge in [-0.15, -0.1) is 0 Å². The topological polar surface area (TPSA) is 43.1 Å². The molecule has 4 heteroatoms. The number of non-ortho nitro benzene ring substituents is 1. The van der Waals surface area contributed by atoms with Crippen molar-refractivity contribution >= 4 is 5.69 Å². The van der Waals surface area contributed by atoms with Crippen molar-refractivity contribution in [1.82, 2.24) is 0 Å². The maximum absolute atomic E-state index is 12.6. The number of benzene rings is 4. The van der Waals surface area contributed by atoms with Crippen molar-refractivity contribution in [2.45, 2.75) is 19.8 Å². The summed E-state index contributed by atoms with van der Waals surface area (Å²) in [6.45, 7) is 2.16. The molecule has 0 aliphatic heterocycles. The lowest BCUT2D eigenvalue weighted by Crippen LogP contribution is -1.87. The van der Waals surface area contributed by atoms with Gasteiger partial charge in [0, 0.05) is 12.1 Å². The highest BCUT2D eigenvalue weighted by Gasteiger charge is 1.98. The molecule has 0 aromatic heterocycles. The van der Waals surface area contributed by atoms with E-state index in [0.29, 0.717) is 0 Å². The van der Waals surface area contributed by atoms with E-state index >= 15 is 0 Å². The molecule has 0 unspecified atom stereocenters. The van der Waals surface area contributed by atoms with Crippen LogP contribution in [0.1, 0.15) is 23.6 Å². The summed E-state index contributed by atoms with van der Waals surface area (Å²) in [6.07, 6.45) is 2.00. The lowest BCUT2D eigenvalue weighted by atomic mass is 10.1. The molecule has 3 nitrogen and oxygen atoms in total. The quantitative estimate of drug-likeness (QED) is 0.260. The molecule has 0 radical (unpaired) electrons. The minimum Gasteiger partial charge on any atom is -0.258 e. The van der Waals surface area contributed by atoms with Crippen LogP contribution >= 0.6 is 0 Å². The van der Waals surface area contributed by atoms with Gasteiger partial charge in [0.2, 0.25) is 0 Å². The summed E-state index contributed by atoms with van der Waals surface area (Å²) in [5.74, 6) is -0.179. The normalized spacial score (nSPS) is 9.48. The highest BCUT2D eigenvalue weighted by Crippen LogP contribution is 2.09. The lowest BCUT2D eigenvalue weighted by molar-refractivity contribution is -0.384. The van der Waals surface area contributed by atoms with Gasteiger partial charge in [0.05, 0.1) is 4.92 Å². The van der Waals surface area contributed by atoms with Crippen LogP contribution in [0.3, 0.4) is 0 Å². The van der Waals surface area contributed by atoms with Crippen LogP contribution in [0.15, 0.2) is 115 Å². The van der Waals surface area contributed by atoms with Crippen molar-refractivity contribution in [1.29, 1.82) is 0 Å². The van der Waals surface area contributed by atoms with Gasteiger partial charge < -0.3 is 0 Å². The number of nitrogens with zero attached hydrogens (tertiary/aromatic N) is 1. The van der Waals surface area contributed by atoms with Crippen LogP contribution in [0.25, 0.3) is 0 Å². The Hall–Kier alpha value is -3.79. The molecule has 0 spiro atoms. The van der Waals surface area contributed by atoms with Crippen LogP contribution in [0, 0.1) is 15.9 Å². The Bertz CT molecular complexity index is 1010. The molecule has 0 bridgehead atoms. The van der Waals surface area contributed by atoms with Gasteiger partial charge >= 0.3 is 0 Å². The largest absolute Gasteiger partial charge is 0.269 e. The van der Waals surface area contributed by atoms with E-state index in [1.165, 1.54) is 35.4 Å². The zero-order valence-corrected chi connectivity index (χ0v) is 17.5. The van der Waals surface area contributed by atoms with Crippen LogP contribution in [-0.4, -0.2) is 4.92 Å². The van der Waals surface area contributed by atoms with E-state index in [9.17, 15) is 14.5 Å². The van der Waals surface area contributed by atoms with E-state index in [1.54, 1.807) is 18.2 Å². The third-order valence-electron chi connectivity index (χ3n) is 4.38. The van der Waals surface area contributed by atoms with Gasteiger partial charge in [0.25, 0.3) is 5.69 Å². The molecule has 0 saturated carbocycles. The Morgan fingerprint density at radius 1 is 0.645 bits per heavy atom. The third kappa shape index (κ3) is 9.50. The minimum atomic E-state index is -0.417. The summed E-state index contributed by atoms with van der Waals surface area (Å²) >= 11 is 0. The van der Waals surface area contributed by atoms with Crippen molar-refractivity contribution in [3.8, 4) is 0 Å². The summed E-state index contributed by atoms with van der Waals surface area (Å²) in [7, 11) is 0. The van der Waals surface area contributed by atoms with Gasteiger partial charge in [0.15, 0.2) is 0 Å². The van der Waals surface area contributed by atoms with Crippen LogP contribution in [0.2, 0.25) is 0 Å². The van der Waals surface area contributed by atoms with Gasteiger partial charge in [-0.2, -0.15) is 0 Å². The predicted octanol–water partition coefficient (Wildman–Crippen LogP) is 7.26. The van der Waals surface area contributed by atoms with Crippen LogP contribution in [0.5, 0.6) is 0 Å². The molecule has 31 heavy (non-hydrogen) atoms. The molecule has 0 N–H and O–H groups in total. The highest BCUT2D eigenvalue weighted by atomic mass is 18.2. The second-order valence-electron chi connectivity index (χ2n) is 6.72. The average Bonchev–Trinajstić information content (AvgIpc) is 2.83. The molecule has 4 aromatic rings. The molecule has 0 amide bonds. The molecular weight excluding hydrogens is 388 g/mol. The molecular formula is C27H26FNO2. The first-order chi connectivity index (χ1) is 15.1. The predicted molar refractivity (Wildman–Crippen MR) is 125 cm³/mol. The fraction of sp³-hybridized carbons (Fsp3) is 0.111. The maximum atomic E-state index is 12.6. The number of aryl methyl sites for hydroxylation is 1. The van der Waals surface area contributed by atoms with Crippen LogP contribution in [-0.2, 0) is 12.8 Å². The van der Waals surface area contributed by atoms with Crippen LogP contribution < -0.4 is 0 Å². The first-order valence-electron chi connectivity index (χ1n) is 10.1. The lowest BCUT2D eigenvalue weighted by Gasteiger charge is -2.00. The van der Waals surface area contributed by atoms with Crippen molar-refractivity contribution in [3.05, 3.63) is 148 Å². The SMILES string of the molecule is CCc1ccccc1.O=[N+]([O-])c1ccccc1.[18F]c1ccc(Cc2ccccc2)cc1. The smallest absolute Gasteiger partial charge is 0.258 e. The van der Waals surface area contributed by atoms with Crippen molar-refractivity contribution in [3.63, 3.8) is 0 Å². The van der Waals surface area contributed by atoms with E-state index in [2.05, 4.69) is 43.3 Å². The Labute approximate surface area is 183 Å². The van der Waals surface area contributed by atoms with Gasteiger partial charge in [-0.1, -0.05) is 97.9 Å². The second-order valence-corrected chi connectivity index (χ2v) is 6.72. The van der Waals surface area contributed by atoms with Crippen molar-refractivity contribution < 1.29 is 9.31 Å². The van der Waals surface area contributed by atoms with E-state index < -0.39 is 4.92 Å². The number of hydrogen-bond donors (Lipinski definition) is 0. The molecule has 0 aliphatic carbocycles. The summed E-state index contributed by atoms with van der Waals surface area (Å²) in [4.78, 5) is 9.59. The Morgan fingerprint density at radius 2 is 1.06 bits per heavy atom. The summed E-state index contributed by atoms with van der Waals surface area (Å²) in [5, 5.41) is 10.0. The van der Waals surface area contributed by atoms with Gasteiger partial charge in [-0.05, 0) is 41.7 Å². The van der Waals surface area contributed by atoms with Gasteiger partial charge in [-0.25, -0.2) is 4.39 Å². The van der Waals surface area contributed by atoms with E-state index in [0.717, 1.165) is 18.4 Å². The number of halogens is 1. The zero-order chi connectivity index (χ0) is 22.3.